The van der Waals surface area contributed by atoms with Gasteiger partial charge in [-0.15, -0.1) is 0 Å². The highest BCUT2D eigenvalue weighted by atomic mass is 35.5. The second-order valence-electron chi connectivity index (χ2n) is 5.98. The minimum Gasteiger partial charge on any atom is -0.483 e. The molecule has 0 unspecified atom stereocenters. The quantitative estimate of drug-likeness (QED) is 0.821. The summed E-state index contributed by atoms with van der Waals surface area (Å²) >= 11 is 6.07. The van der Waals surface area contributed by atoms with Gasteiger partial charge in [0.05, 0.1) is 6.61 Å². The monoisotopic (exact) mass is 352 g/mol. The van der Waals surface area contributed by atoms with Crippen LogP contribution in [0.15, 0.2) is 18.2 Å². The maximum absolute atomic E-state index is 12.4. The lowest BCUT2D eigenvalue weighted by Crippen LogP contribution is -2.49. The van der Waals surface area contributed by atoms with Gasteiger partial charge < -0.3 is 19.3 Å². The van der Waals surface area contributed by atoms with Crippen LogP contribution >= 0.6 is 11.6 Å². The molecule has 24 heavy (non-hydrogen) atoms. The third-order valence-electron chi connectivity index (χ3n) is 4.47. The van der Waals surface area contributed by atoms with Crippen LogP contribution in [0.1, 0.15) is 25.3 Å². The highest BCUT2D eigenvalue weighted by molar-refractivity contribution is 6.30. The van der Waals surface area contributed by atoms with Gasteiger partial charge in [-0.2, -0.15) is 0 Å². The Morgan fingerprint density at radius 3 is 2.83 bits per heavy atom. The largest absolute Gasteiger partial charge is 0.483 e. The summed E-state index contributed by atoms with van der Waals surface area (Å²) in [6, 6.07) is 5.50. The van der Waals surface area contributed by atoms with E-state index in [0.29, 0.717) is 37.0 Å². The van der Waals surface area contributed by atoms with E-state index in [1.807, 2.05) is 11.0 Å². The number of carbonyl (C=O) groups is 2. The van der Waals surface area contributed by atoms with Gasteiger partial charge in [0.1, 0.15) is 5.75 Å². The first-order valence-corrected chi connectivity index (χ1v) is 8.58. The van der Waals surface area contributed by atoms with E-state index in [2.05, 4.69) is 0 Å². The van der Waals surface area contributed by atoms with Crippen LogP contribution in [-0.4, -0.2) is 54.1 Å². The molecule has 2 aliphatic heterocycles. The molecule has 0 atom stereocenters. The Hall–Kier alpha value is -1.95. The summed E-state index contributed by atoms with van der Waals surface area (Å²) in [7, 11) is 0. The number of benzene rings is 1. The molecule has 0 bridgehead atoms. The molecular weight excluding hydrogens is 332 g/mol. The molecule has 1 aromatic carbocycles. The molecule has 0 aromatic heterocycles. The normalized spacial score (nSPS) is 18.7. The fraction of sp³-hybridized carbons (Fsp3) is 0.529. The van der Waals surface area contributed by atoms with Crippen LogP contribution in [0.2, 0.25) is 5.02 Å². The number of nitrogens with zero attached hydrogens (tertiary/aromatic N) is 2. The second-order valence-corrected chi connectivity index (χ2v) is 6.42. The predicted octanol–water partition coefficient (Wildman–Crippen LogP) is 2.68. The first-order chi connectivity index (χ1) is 11.6. The molecule has 7 heteroatoms. The lowest BCUT2D eigenvalue weighted by atomic mass is 10.0. The summed E-state index contributed by atoms with van der Waals surface area (Å²) in [5, 5.41) is 0.628. The molecule has 6 nitrogen and oxygen atoms in total. The summed E-state index contributed by atoms with van der Waals surface area (Å²) in [5.41, 5.74) is 0.918. The summed E-state index contributed by atoms with van der Waals surface area (Å²) in [6.45, 7) is 3.87. The number of hydrogen-bond donors (Lipinski definition) is 0. The van der Waals surface area contributed by atoms with Crippen LogP contribution in [0.3, 0.4) is 0 Å². The van der Waals surface area contributed by atoms with Crippen LogP contribution in [0.4, 0.5) is 4.79 Å². The first-order valence-electron chi connectivity index (χ1n) is 8.21. The van der Waals surface area contributed by atoms with Crippen molar-refractivity contribution < 1.29 is 19.1 Å². The van der Waals surface area contributed by atoms with Crippen LogP contribution in [0, 0.1) is 0 Å². The van der Waals surface area contributed by atoms with E-state index >= 15 is 0 Å². The Bertz CT molecular complexity index is 629. The topological polar surface area (TPSA) is 59.1 Å². The van der Waals surface area contributed by atoms with E-state index in [0.717, 1.165) is 18.4 Å². The van der Waals surface area contributed by atoms with E-state index < -0.39 is 0 Å². The van der Waals surface area contributed by atoms with Gasteiger partial charge in [0, 0.05) is 36.3 Å². The Morgan fingerprint density at radius 1 is 1.38 bits per heavy atom. The molecule has 0 N–H and O–H groups in total. The highest BCUT2D eigenvalue weighted by Crippen LogP contribution is 2.29. The Morgan fingerprint density at radius 2 is 2.12 bits per heavy atom. The van der Waals surface area contributed by atoms with E-state index in [9.17, 15) is 9.59 Å². The molecule has 0 saturated carbocycles. The molecule has 0 spiro atoms. The van der Waals surface area contributed by atoms with Crippen molar-refractivity contribution in [3.8, 4) is 5.75 Å². The van der Waals surface area contributed by atoms with E-state index in [4.69, 9.17) is 21.1 Å². The molecule has 3 rings (SSSR count). The predicted molar refractivity (Wildman–Crippen MR) is 89.1 cm³/mol. The third kappa shape index (κ3) is 3.59. The zero-order valence-corrected chi connectivity index (χ0v) is 14.4. The van der Waals surface area contributed by atoms with E-state index in [1.165, 1.54) is 0 Å². The van der Waals surface area contributed by atoms with Gasteiger partial charge in [-0.1, -0.05) is 11.6 Å². The van der Waals surface area contributed by atoms with Crippen molar-refractivity contribution in [2.75, 3.05) is 26.3 Å². The third-order valence-corrected chi connectivity index (χ3v) is 4.70. The Labute approximate surface area is 146 Å². The maximum atomic E-state index is 12.4. The van der Waals surface area contributed by atoms with Crippen molar-refractivity contribution in [1.82, 2.24) is 9.80 Å². The number of likely N-dealkylation sites (tertiary alicyclic amines) is 1. The average Bonchev–Trinajstić information content (AvgIpc) is 2.74. The molecule has 1 aromatic rings. The smallest absolute Gasteiger partial charge is 0.409 e. The van der Waals surface area contributed by atoms with Crippen LogP contribution in [0.25, 0.3) is 0 Å². The Kier molecular flexibility index (Phi) is 5.14. The zero-order chi connectivity index (χ0) is 17.1. The minimum absolute atomic E-state index is 0.0306. The number of ether oxygens (including phenoxy) is 2. The minimum atomic E-state index is -0.279. The number of halogens is 1. The zero-order valence-electron chi connectivity index (χ0n) is 13.7. The molecule has 0 radical (unpaired) electrons. The van der Waals surface area contributed by atoms with Crippen molar-refractivity contribution in [3.05, 3.63) is 28.8 Å². The highest BCUT2D eigenvalue weighted by Gasteiger charge is 2.32. The van der Waals surface area contributed by atoms with Crippen molar-refractivity contribution in [1.29, 1.82) is 0 Å². The van der Waals surface area contributed by atoms with Gasteiger partial charge in [-0.3, -0.25) is 4.79 Å². The summed E-state index contributed by atoms with van der Waals surface area (Å²) in [6.07, 6.45) is 1.19. The number of amides is 2. The lowest BCUT2D eigenvalue weighted by molar-refractivity contribution is -0.136. The summed E-state index contributed by atoms with van der Waals surface area (Å²) < 4.78 is 10.6. The first kappa shape index (κ1) is 16.9. The van der Waals surface area contributed by atoms with Crippen LogP contribution in [0.5, 0.6) is 5.75 Å². The number of fused-ring (bicyclic) bond motifs is 1. The van der Waals surface area contributed by atoms with Crippen LogP contribution in [-0.2, 0) is 16.1 Å². The molecule has 130 valence electrons. The summed E-state index contributed by atoms with van der Waals surface area (Å²) in [4.78, 5) is 27.8. The average molecular weight is 353 g/mol. The van der Waals surface area contributed by atoms with E-state index in [1.54, 1.807) is 24.0 Å². The Balaban J connectivity index is 1.68. The van der Waals surface area contributed by atoms with Gasteiger partial charge in [0.15, 0.2) is 6.61 Å². The second kappa shape index (κ2) is 7.30. The van der Waals surface area contributed by atoms with Crippen molar-refractivity contribution in [2.45, 2.75) is 32.4 Å². The molecule has 1 saturated heterocycles. The summed E-state index contributed by atoms with van der Waals surface area (Å²) in [5.74, 6) is 0.677. The maximum Gasteiger partial charge on any atom is 0.409 e. The number of carbonyl (C=O) groups excluding carboxylic acids is 2. The number of piperidine rings is 1. The van der Waals surface area contributed by atoms with Gasteiger partial charge in [-0.25, -0.2) is 4.79 Å². The van der Waals surface area contributed by atoms with Gasteiger partial charge >= 0.3 is 6.09 Å². The molecule has 1 fully saturated rings. The lowest BCUT2D eigenvalue weighted by Gasteiger charge is -2.37. The van der Waals surface area contributed by atoms with Crippen LogP contribution < -0.4 is 4.74 Å². The molecular formula is C17H21ClN2O4. The van der Waals surface area contributed by atoms with Crippen molar-refractivity contribution >= 4 is 23.6 Å². The number of rotatable bonds is 2. The van der Waals surface area contributed by atoms with Gasteiger partial charge in [-0.05, 0) is 38.0 Å². The number of hydrogen-bond acceptors (Lipinski definition) is 4. The van der Waals surface area contributed by atoms with Gasteiger partial charge in [0.2, 0.25) is 0 Å². The molecule has 0 aliphatic carbocycles. The standard InChI is InChI=1S/C17H21ClN2O4/c1-2-23-17(22)19-7-5-14(6-8-19)20-10-12-9-13(18)3-4-15(12)24-11-16(20)21/h3-4,9,14H,2,5-8,10-11H2,1H3. The van der Waals surface area contributed by atoms with Crippen molar-refractivity contribution in [2.24, 2.45) is 0 Å². The van der Waals surface area contributed by atoms with E-state index in [-0.39, 0.29) is 24.6 Å². The fourth-order valence-corrected chi connectivity index (χ4v) is 3.41. The molecule has 2 aliphatic rings. The molecule has 2 amide bonds. The fourth-order valence-electron chi connectivity index (χ4n) is 3.21. The van der Waals surface area contributed by atoms with Crippen molar-refractivity contribution in [3.63, 3.8) is 0 Å². The molecule has 2 heterocycles. The van der Waals surface area contributed by atoms with Gasteiger partial charge in [0.25, 0.3) is 5.91 Å². The SMILES string of the molecule is CCOC(=O)N1CCC(N2Cc3cc(Cl)ccc3OCC2=O)CC1.